The third-order valence-corrected chi connectivity index (χ3v) is 2.02. The molecule has 16 heavy (non-hydrogen) atoms. The molecule has 2 aromatic rings. The molecule has 6 heteroatoms. The van der Waals surface area contributed by atoms with Gasteiger partial charge in [0.25, 0.3) is 0 Å². The van der Waals surface area contributed by atoms with Gasteiger partial charge >= 0.3 is 0 Å². The van der Waals surface area contributed by atoms with E-state index in [1.807, 2.05) is 18.2 Å². The lowest BCUT2D eigenvalue weighted by Gasteiger charge is -1.92. The summed E-state index contributed by atoms with van der Waals surface area (Å²) >= 11 is 0. The van der Waals surface area contributed by atoms with Gasteiger partial charge < -0.3 is 5.73 Å². The summed E-state index contributed by atoms with van der Waals surface area (Å²) in [5, 5.41) is 7.15. The van der Waals surface area contributed by atoms with Crippen molar-refractivity contribution in [1.82, 2.24) is 15.2 Å². The van der Waals surface area contributed by atoms with E-state index in [0.717, 1.165) is 23.4 Å². The number of nitrogens with two attached hydrogens (primary N) is 1. The molecule has 88 valence electrons. The summed E-state index contributed by atoms with van der Waals surface area (Å²) in [7, 11) is 0. The molecule has 0 saturated heterocycles. The van der Waals surface area contributed by atoms with Crippen LogP contribution in [-0.4, -0.2) is 21.7 Å². The number of hydrogen-bond donors (Lipinski definition) is 2. The summed E-state index contributed by atoms with van der Waals surface area (Å²) in [6, 6.07) is 5.88. The SMILES string of the molecule is Cl.Cl.NCCc1cc(-c2ccncc2)n[nH]1. The van der Waals surface area contributed by atoms with E-state index in [1.165, 1.54) is 0 Å². The monoisotopic (exact) mass is 260 g/mol. The van der Waals surface area contributed by atoms with Crippen molar-refractivity contribution >= 4 is 24.8 Å². The van der Waals surface area contributed by atoms with Gasteiger partial charge in [-0.15, -0.1) is 24.8 Å². The highest BCUT2D eigenvalue weighted by Crippen LogP contribution is 2.15. The van der Waals surface area contributed by atoms with Gasteiger partial charge in [-0.1, -0.05) is 0 Å². The van der Waals surface area contributed by atoms with Gasteiger partial charge in [0.2, 0.25) is 0 Å². The highest BCUT2D eigenvalue weighted by Gasteiger charge is 2.01. The van der Waals surface area contributed by atoms with Gasteiger partial charge in [0.15, 0.2) is 0 Å². The summed E-state index contributed by atoms with van der Waals surface area (Å²) in [6.45, 7) is 0.637. The van der Waals surface area contributed by atoms with Crippen LogP contribution in [0.2, 0.25) is 0 Å². The van der Waals surface area contributed by atoms with Crippen molar-refractivity contribution in [2.45, 2.75) is 6.42 Å². The van der Waals surface area contributed by atoms with E-state index in [1.54, 1.807) is 12.4 Å². The molecule has 2 rings (SSSR count). The van der Waals surface area contributed by atoms with Crippen molar-refractivity contribution < 1.29 is 0 Å². The minimum atomic E-state index is 0. The lowest BCUT2D eigenvalue weighted by atomic mass is 10.2. The highest BCUT2D eigenvalue weighted by molar-refractivity contribution is 5.85. The lowest BCUT2D eigenvalue weighted by molar-refractivity contribution is 0.902. The van der Waals surface area contributed by atoms with Crippen LogP contribution in [0.1, 0.15) is 5.69 Å². The molecule has 3 N–H and O–H groups in total. The maximum Gasteiger partial charge on any atom is 0.0924 e. The minimum Gasteiger partial charge on any atom is -0.330 e. The van der Waals surface area contributed by atoms with Crippen LogP contribution in [0, 0.1) is 0 Å². The molecule has 0 aliphatic heterocycles. The molecule has 0 radical (unpaired) electrons. The summed E-state index contributed by atoms with van der Waals surface area (Å²) < 4.78 is 0. The van der Waals surface area contributed by atoms with Crippen LogP contribution in [0.15, 0.2) is 30.6 Å². The molecule has 0 aliphatic carbocycles. The van der Waals surface area contributed by atoms with E-state index in [-0.39, 0.29) is 24.8 Å². The summed E-state index contributed by atoms with van der Waals surface area (Å²) in [6.07, 6.45) is 4.34. The van der Waals surface area contributed by atoms with Crippen molar-refractivity contribution in [3.8, 4) is 11.3 Å². The zero-order chi connectivity index (χ0) is 9.80. The molecule has 0 amide bonds. The van der Waals surface area contributed by atoms with E-state index in [4.69, 9.17) is 5.73 Å². The second kappa shape index (κ2) is 7.22. The van der Waals surface area contributed by atoms with Crippen LogP contribution in [0.4, 0.5) is 0 Å². The number of aromatic nitrogens is 3. The van der Waals surface area contributed by atoms with E-state index >= 15 is 0 Å². The predicted molar refractivity (Wildman–Crippen MR) is 69.1 cm³/mol. The molecule has 2 heterocycles. The topological polar surface area (TPSA) is 67.6 Å². The Kier molecular flexibility index (Phi) is 6.72. The molecule has 0 atom stereocenters. The van der Waals surface area contributed by atoms with E-state index in [9.17, 15) is 0 Å². The van der Waals surface area contributed by atoms with E-state index < -0.39 is 0 Å². The molecule has 0 unspecified atom stereocenters. The normalized spacial score (nSPS) is 9.06. The third kappa shape index (κ3) is 3.48. The van der Waals surface area contributed by atoms with Crippen LogP contribution in [0.25, 0.3) is 11.3 Å². The molecular formula is C10H14Cl2N4. The lowest BCUT2D eigenvalue weighted by Crippen LogP contribution is -2.02. The number of pyridine rings is 1. The van der Waals surface area contributed by atoms with Gasteiger partial charge in [-0.2, -0.15) is 5.10 Å². The fourth-order valence-corrected chi connectivity index (χ4v) is 1.32. The maximum atomic E-state index is 5.45. The molecule has 2 aromatic heterocycles. The van der Waals surface area contributed by atoms with Gasteiger partial charge in [0.1, 0.15) is 0 Å². The number of aromatic amines is 1. The van der Waals surface area contributed by atoms with Crippen LogP contribution < -0.4 is 5.73 Å². The maximum absolute atomic E-state index is 5.45. The second-order valence-electron chi connectivity index (χ2n) is 3.05. The average molecular weight is 261 g/mol. The zero-order valence-electron chi connectivity index (χ0n) is 8.59. The number of nitrogens with zero attached hydrogens (tertiary/aromatic N) is 2. The zero-order valence-corrected chi connectivity index (χ0v) is 10.2. The van der Waals surface area contributed by atoms with Gasteiger partial charge in [-0.25, -0.2) is 0 Å². The molecular weight excluding hydrogens is 247 g/mol. The van der Waals surface area contributed by atoms with Crippen molar-refractivity contribution in [3.05, 3.63) is 36.3 Å². The minimum absolute atomic E-state index is 0. The van der Waals surface area contributed by atoms with Crippen LogP contribution >= 0.6 is 24.8 Å². The van der Waals surface area contributed by atoms with Gasteiger partial charge in [-0.05, 0) is 24.7 Å². The largest absolute Gasteiger partial charge is 0.330 e. The average Bonchev–Trinajstić information content (AvgIpc) is 2.68. The van der Waals surface area contributed by atoms with Crippen molar-refractivity contribution in [2.75, 3.05) is 6.54 Å². The van der Waals surface area contributed by atoms with Gasteiger partial charge in [0.05, 0.1) is 5.69 Å². The Morgan fingerprint density at radius 1 is 1.19 bits per heavy atom. The fourth-order valence-electron chi connectivity index (χ4n) is 1.32. The third-order valence-electron chi connectivity index (χ3n) is 2.02. The number of hydrogen-bond acceptors (Lipinski definition) is 3. The molecule has 0 aliphatic rings. The number of nitrogens with one attached hydrogen (secondary N) is 1. The van der Waals surface area contributed by atoms with Gasteiger partial charge in [0, 0.05) is 30.1 Å². The summed E-state index contributed by atoms with van der Waals surface area (Å²) in [5.74, 6) is 0. The van der Waals surface area contributed by atoms with Crippen LogP contribution in [-0.2, 0) is 6.42 Å². The Balaban J connectivity index is 0.00000112. The summed E-state index contributed by atoms with van der Waals surface area (Å²) in [5.41, 5.74) is 8.53. The molecule has 0 saturated carbocycles. The number of halogens is 2. The Morgan fingerprint density at radius 3 is 2.50 bits per heavy atom. The first-order valence-corrected chi connectivity index (χ1v) is 4.55. The molecule has 0 fully saturated rings. The van der Waals surface area contributed by atoms with Crippen LogP contribution in [0.3, 0.4) is 0 Å². The standard InChI is InChI=1S/C10H12N4.2ClH/c11-4-1-9-7-10(14-13-9)8-2-5-12-6-3-8;;/h2-3,5-7H,1,4,11H2,(H,13,14);2*1H. The molecule has 4 nitrogen and oxygen atoms in total. The molecule has 0 bridgehead atoms. The Hall–Kier alpha value is -1.10. The highest BCUT2D eigenvalue weighted by atomic mass is 35.5. The number of rotatable bonds is 3. The quantitative estimate of drug-likeness (QED) is 0.885. The van der Waals surface area contributed by atoms with Crippen molar-refractivity contribution in [2.24, 2.45) is 5.73 Å². The molecule has 0 spiro atoms. The first kappa shape index (κ1) is 14.9. The van der Waals surface area contributed by atoms with Crippen molar-refractivity contribution in [1.29, 1.82) is 0 Å². The Morgan fingerprint density at radius 2 is 1.88 bits per heavy atom. The van der Waals surface area contributed by atoms with Crippen molar-refractivity contribution in [3.63, 3.8) is 0 Å². The van der Waals surface area contributed by atoms with E-state index in [0.29, 0.717) is 6.54 Å². The second-order valence-corrected chi connectivity index (χ2v) is 3.05. The number of H-pyrrole nitrogens is 1. The first-order valence-electron chi connectivity index (χ1n) is 4.55. The van der Waals surface area contributed by atoms with Crippen LogP contribution in [0.5, 0.6) is 0 Å². The summed E-state index contributed by atoms with van der Waals surface area (Å²) in [4.78, 5) is 3.96. The predicted octanol–water partition coefficient (Wildman–Crippen LogP) is 1.82. The fraction of sp³-hybridized carbons (Fsp3) is 0.200. The Bertz CT molecular complexity index is 402. The van der Waals surface area contributed by atoms with E-state index in [2.05, 4.69) is 15.2 Å². The smallest absolute Gasteiger partial charge is 0.0924 e. The first-order chi connectivity index (χ1) is 6.90. The van der Waals surface area contributed by atoms with Gasteiger partial charge in [-0.3, -0.25) is 10.1 Å². The molecule has 0 aromatic carbocycles. The Labute approximate surface area is 106 Å².